The van der Waals surface area contributed by atoms with E-state index in [1.54, 1.807) is 0 Å². The van der Waals surface area contributed by atoms with Crippen molar-refractivity contribution in [2.75, 3.05) is 6.61 Å². The molecule has 4 heteroatoms. The van der Waals surface area contributed by atoms with E-state index in [1.165, 1.54) is 0 Å². The smallest absolute Gasteiger partial charge is 0.306 e. The van der Waals surface area contributed by atoms with Gasteiger partial charge in [0.05, 0.1) is 24.7 Å². The molecule has 8 unspecified atom stereocenters. The largest absolute Gasteiger partial charge is 0.466 e. The highest BCUT2D eigenvalue weighted by atomic mass is 16.5. The van der Waals surface area contributed by atoms with Crippen molar-refractivity contribution in [3.05, 3.63) is 0 Å². The van der Waals surface area contributed by atoms with Gasteiger partial charge in [-0.25, -0.2) is 0 Å². The second kappa shape index (κ2) is 7.27. The molecular formula is C24H40O4. The number of carbonyl (C=O) groups is 1. The Balaban J connectivity index is 1.71. The van der Waals surface area contributed by atoms with Crippen LogP contribution in [0.4, 0.5) is 0 Å². The Morgan fingerprint density at radius 2 is 1.82 bits per heavy atom. The van der Waals surface area contributed by atoms with Gasteiger partial charge in [-0.15, -0.1) is 0 Å². The van der Waals surface area contributed by atoms with Crippen LogP contribution in [0.25, 0.3) is 0 Å². The van der Waals surface area contributed by atoms with Crippen molar-refractivity contribution in [2.24, 2.45) is 34.5 Å². The van der Waals surface area contributed by atoms with Crippen LogP contribution in [0, 0.1) is 34.5 Å². The Hall–Kier alpha value is -0.610. The van der Waals surface area contributed by atoms with Crippen LogP contribution in [-0.4, -0.2) is 34.5 Å². The summed E-state index contributed by atoms with van der Waals surface area (Å²) in [4.78, 5) is 12.4. The molecule has 4 fully saturated rings. The van der Waals surface area contributed by atoms with Crippen LogP contribution in [0.5, 0.6) is 0 Å². The number of ether oxygens (including phenoxy) is 1. The first-order valence-corrected chi connectivity index (χ1v) is 11.8. The molecule has 3 aliphatic carbocycles. The summed E-state index contributed by atoms with van der Waals surface area (Å²) in [5, 5.41) is 22.8. The van der Waals surface area contributed by atoms with E-state index in [0.29, 0.717) is 30.8 Å². The molecule has 4 aliphatic rings. The summed E-state index contributed by atoms with van der Waals surface area (Å²) >= 11 is 0. The predicted octanol–water partition coefficient (Wildman–Crippen LogP) is 4.46. The van der Waals surface area contributed by atoms with Crippen molar-refractivity contribution < 1.29 is 19.7 Å². The SMILES string of the molecule is CCCCCC1(O)CC2C3CCC(O)C3(C)CCC2C2(C)CCOC(=O)CC12. The average molecular weight is 393 g/mol. The normalized spacial score (nSPS) is 50.9. The van der Waals surface area contributed by atoms with Gasteiger partial charge in [0.25, 0.3) is 0 Å². The van der Waals surface area contributed by atoms with Crippen LogP contribution in [0.2, 0.25) is 0 Å². The average Bonchev–Trinajstić information content (AvgIpc) is 2.84. The molecule has 4 rings (SSSR count). The van der Waals surface area contributed by atoms with Gasteiger partial charge in [-0.2, -0.15) is 0 Å². The Morgan fingerprint density at radius 3 is 2.57 bits per heavy atom. The summed E-state index contributed by atoms with van der Waals surface area (Å²) in [7, 11) is 0. The van der Waals surface area contributed by atoms with E-state index in [0.717, 1.165) is 64.2 Å². The maximum atomic E-state index is 12.4. The van der Waals surface area contributed by atoms with Gasteiger partial charge in [0.2, 0.25) is 0 Å². The fourth-order valence-corrected chi connectivity index (χ4v) is 8.14. The van der Waals surface area contributed by atoms with E-state index < -0.39 is 5.60 Å². The molecule has 0 aromatic carbocycles. The van der Waals surface area contributed by atoms with Crippen molar-refractivity contribution in [1.29, 1.82) is 0 Å². The summed E-state index contributed by atoms with van der Waals surface area (Å²) < 4.78 is 5.49. The van der Waals surface area contributed by atoms with Gasteiger partial charge in [-0.1, -0.05) is 40.0 Å². The lowest BCUT2D eigenvalue weighted by molar-refractivity contribution is -0.199. The van der Waals surface area contributed by atoms with Crippen molar-refractivity contribution >= 4 is 5.97 Å². The van der Waals surface area contributed by atoms with Gasteiger partial charge in [0.1, 0.15) is 0 Å². The first-order chi connectivity index (χ1) is 13.2. The van der Waals surface area contributed by atoms with E-state index in [-0.39, 0.29) is 28.8 Å². The van der Waals surface area contributed by atoms with E-state index >= 15 is 0 Å². The number of hydrogen-bond acceptors (Lipinski definition) is 4. The van der Waals surface area contributed by atoms with Crippen LogP contribution >= 0.6 is 0 Å². The van der Waals surface area contributed by atoms with Crippen LogP contribution in [0.15, 0.2) is 0 Å². The highest BCUT2D eigenvalue weighted by molar-refractivity contribution is 5.70. The number of rotatable bonds is 4. The minimum absolute atomic E-state index is 0.00351. The molecule has 0 spiro atoms. The second-order valence-corrected chi connectivity index (χ2v) is 11.0. The van der Waals surface area contributed by atoms with Crippen LogP contribution in [0.1, 0.15) is 91.4 Å². The van der Waals surface area contributed by atoms with Gasteiger partial charge in [-0.05, 0) is 73.5 Å². The number of unbranched alkanes of at least 4 members (excludes halogenated alkanes) is 2. The Labute approximate surface area is 170 Å². The number of esters is 1. The molecule has 160 valence electrons. The number of hydrogen-bond donors (Lipinski definition) is 2. The summed E-state index contributed by atoms with van der Waals surface area (Å²) in [6.07, 6.45) is 10.1. The zero-order valence-electron chi connectivity index (χ0n) is 18.1. The lowest BCUT2D eigenvalue weighted by Gasteiger charge is -2.62. The first kappa shape index (κ1) is 20.7. The molecule has 0 amide bonds. The van der Waals surface area contributed by atoms with Gasteiger partial charge in [-0.3, -0.25) is 4.79 Å². The Bertz CT molecular complexity index is 605. The lowest BCUT2D eigenvalue weighted by atomic mass is 9.43. The summed E-state index contributed by atoms with van der Waals surface area (Å²) in [6.45, 7) is 7.32. The molecule has 1 saturated heterocycles. The Morgan fingerprint density at radius 1 is 1.07 bits per heavy atom. The van der Waals surface area contributed by atoms with Crippen LogP contribution in [-0.2, 0) is 9.53 Å². The number of fused-ring (bicyclic) bond motifs is 5. The minimum Gasteiger partial charge on any atom is -0.466 e. The van der Waals surface area contributed by atoms with Crippen molar-refractivity contribution in [2.45, 2.75) is 103 Å². The molecule has 28 heavy (non-hydrogen) atoms. The zero-order valence-corrected chi connectivity index (χ0v) is 18.1. The quantitative estimate of drug-likeness (QED) is 0.547. The third-order valence-electron chi connectivity index (χ3n) is 9.76. The van der Waals surface area contributed by atoms with E-state index in [9.17, 15) is 15.0 Å². The highest BCUT2D eigenvalue weighted by Crippen LogP contribution is 2.67. The zero-order chi connectivity index (χ0) is 20.2. The van der Waals surface area contributed by atoms with Crippen LogP contribution in [0.3, 0.4) is 0 Å². The maximum Gasteiger partial charge on any atom is 0.306 e. The van der Waals surface area contributed by atoms with Gasteiger partial charge < -0.3 is 14.9 Å². The van der Waals surface area contributed by atoms with Gasteiger partial charge in [0, 0.05) is 5.92 Å². The summed E-state index contributed by atoms with van der Waals surface area (Å²) in [5.41, 5.74) is -0.823. The summed E-state index contributed by atoms with van der Waals surface area (Å²) in [6, 6.07) is 0. The Kier molecular flexibility index (Phi) is 5.36. The molecule has 0 bridgehead atoms. The highest BCUT2D eigenvalue weighted by Gasteiger charge is 2.65. The van der Waals surface area contributed by atoms with E-state index in [4.69, 9.17) is 4.74 Å². The topological polar surface area (TPSA) is 66.8 Å². The second-order valence-electron chi connectivity index (χ2n) is 11.0. The maximum absolute atomic E-state index is 12.4. The third kappa shape index (κ3) is 3.05. The molecule has 0 aromatic rings. The van der Waals surface area contributed by atoms with Crippen molar-refractivity contribution in [3.8, 4) is 0 Å². The molecule has 2 N–H and O–H groups in total. The molecule has 0 radical (unpaired) electrons. The molecule has 1 heterocycles. The van der Waals surface area contributed by atoms with Crippen molar-refractivity contribution in [1.82, 2.24) is 0 Å². The summed E-state index contributed by atoms with van der Waals surface area (Å²) in [5.74, 6) is 1.36. The molecule has 8 atom stereocenters. The number of carbonyl (C=O) groups excluding carboxylic acids is 1. The fraction of sp³-hybridized carbons (Fsp3) is 0.958. The fourth-order valence-electron chi connectivity index (χ4n) is 8.14. The predicted molar refractivity (Wildman–Crippen MR) is 109 cm³/mol. The minimum atomic E-state index is -0.778. The number of aliphatic hydroxyl groups is 2. The molecule has 0 aromatic heterocycles. The standard InChI is InChI=1S/C24H40O4/c1-4-5-6-10-24(27)15-16-17-7-8-20(25)23(17,3)11-9-18(16)22(2)12-13-28-21(26)14-19(22)24/h16-20,25,27H,4-15H2,1-3H3. The van der Waals surface area contributed by atoms with E-state index in [1.807, 2.05) is 0 Å². The molecule has 1 aliphatic heterocycles. The number of cyclic esters (lactones) is 1. The van der Waals surface area contributed by atoms with Gasteiger partial charge in [0.15, 0.2) is 0 Å². The van der Waals surface area contributed by atoms with Crippen LogP contribution < -0.4 is 0 Å². The molecular weight excluding hydrogens is 352 g/mol. The monoisotopic (exact) mass is 392 g/mol. The van der Waals surface area contributed by atoms with Crippen molar-refractivity contribution in [3.63, 3.8) is 0 Å². The number of aliphatic hydroxyl groups excluding tert-OH is 1. The third-order valence-corrected chi connectivity index (χ3v) is 9.76. The lowest BCUT2D eigenvalue weighted by Crippen LogP contribution is -2.61. The molecule has 3 saturated carbocycles. The first-order valence-electron chi connectivity index (χ1n) is 11.8. The van der Waals surface area contributed by atoms with Gasteiger partial charge >= 0.3 is 5.97 Å². The molecule has 4 nitrogen and oxygen atoms in total. The van der Waals surface area contributed by atoms with E-state index in [2.05, 4.69) is 20.8 Å².